The minimum absolute atomic E-state index is 0.0533. The third-order valence-corrected chi connectivity index (χ3v) is 5.63. The van der Waals surface area contributed by atoms with Crippen LogP contribution < -0.4 is 9.79 Å². The van der Waals surface area contributed by atoms with Crippen molar-refractivity contribution in [3.8, 4) is 0 Å². The molecule has 0 unspecified atom stereocenters. The maximum Gasteiger partial charge on any atom is 0.274 e. The highest BCUT2D eigenvalue weighted by molar-refractivity contribution is 7.93. The van der Waals surface area contributed by atoms with Crippen LogP contribution in [0, 0.1) is 0 Å². The number of carbonyl (C=O) groups excluding carboxylic acids is 1. The number of hydrogen-bond acceptors (Lipinski definition) is 4. The Labute approximate surface area is 143 Å². The number of rotatable bonds is 4. The molecule has 0 saturated heterocycles. The molecule has 6 nitrogen and oxygen atoms in total. The third-order valence-electron chi connectivity index (χ3n) is 3.13. The molecule has 2 N–H and O–H groups in total. The largest absolute Gasteiger partial charge is 0.288 e. The minimum Gasteiger partial charge on any atom is -0.288 e. The lowest BCUT2D eigenvalue weighted by Gasteiger charge is -2.20. The van der Waals surface area contributed by atoms with Crippen LogP contribution in [-0.2, 0) is 10.0 Å². The van der Waals surface area contributed by atoms with Gasteiger partial charge in [0, 0.05) is 17.6 Å². The van der Waals surface area contributed by atoms with E-state index in [2.05, 4.69) is 0 Å². The molecule has 9 heteroatoms. The highest BCUT2D eigenvalue weighted by atomic mass is 35.5. The van der Waals surface area contributed by atoms with E-state index in [0.29, 0.717) is 5.69 Å². The van der Waals surface area contributed by atoms with E-state index in [1.54, 1.807) is 0 Å². The van der Waals surface area contributed by atoms with E-state index in [1.165, 1.54) is 55.0 Å². The van der Waals surface area contributed by atoms with E-state index >= 15 is 0 Å². The molecule has 0 atom stereocenters. The molecule has 0 radical (unpaired) electrons. The maximum absolute atomic E-state index is 12.6. The normalized spacial score (nSPS) is 11.1. The number of hydrogen-bond donors (Lipinski definition) is 2. The maximum atomic E-state index is 12.6. The zero-order valence-electron chi connectivity index (χ0n) is 11.8. The van der Waals surface area contributed by atoms with Gasteiger partial charge < -0.3 is 0 Å². The van der Waals surface area contributed by atoms with Crippen molar-refractivity contribution in [3.05, 3.63) is 58.1 Å². The Kier molecular flexibility index (Phi) is 5.16. The Morgan fingerprint density at radius 1 is 1.13 bits per heavy atom. The molecule has 0 bridgehead atoms. The quantitative estimate of drug-likeness (QED) is 0.636. The molecule has 0 aliphatic carbocycles. The monoisotopic (exact) mass is 374 g/mol. The summed E-state index contributed by atoms with van der Waals surface area (Å²) in [5.41, 5.74) is 2.00. The lowest BCUT2D eigenvalue weighted by molar-refractivity contribution is 0.0706. The molecular formula is C14H12Cl2N2O4S. The second-order valence-corrected chi connectivity index (χ2v) is 7.32. The van der Waals surface area contributed by atoms with Gasteiger partial charge in [-0.25, -0.2) is 13.9 Å². The smallest absolute Gasteiger partial charge is 0.274 e. The van der Waals surface area contributed by atoms with E-state index in [1.807, 2.05) is 0 Å². The summed E-state index contributed by atoms with van der Waals surface area (Å²) in [4.78, 5) is 11.2. The number of anilines is 1. The SMILES string of the molecule is CN(c1ccc(C(=O)NO)cc1)S(=O)(=O)c1cc(Cl)ccc1Cl. The lowest BCUT2D eigenvalue weighted by atomic mass is 10.2. The van der Waals surface area contributed by atoms with Crippen molar-refractivity contribution in [3.63, 3.8) is 0 Å². The summed E-state index contributed by atoms with van der Waals surface area (Å²) < 4.78 is 26.3. The predicted molar refractivity (Wildman–Crippen MR) is 87.7 cm³/mol. The number of sulfonamides is 1. The zero-order valence-corrected chi connectivity index (χ0v) is 14.2. The molecule has 0 aliphatic heterocycles. The fraction of sp³-hybridized carbons (Fsp3) is 0.0714. The summed E-state index contributed by atoms with van der Waals surface area (Å²) in [6.07, 6.45) is 0. The van der Waals surface area contributed by atoms with Crippen LogP contribution in [0.2, 0.25) is 10.0 Å². The Morgan fingerprint density at radius 3 is 2.30 bits per heavy atom. The molecular weight excluding hydrogens is 363 g/mol. The summed E-state index contributed by atoms with van der Waals surface area (Å²) in [5, 5.41) is 8.87. The standard InChI is InChI=1S/C14H12Cl2N2O4S/c1-18(11-5-2-9(3-6-11)14(19)17-20)23(21,22)13-8-10(15)4-7-12(13)16/h2-8,20H,1H3,(H,17,19). The number of nitrogens with zero attached hydrogens (tertiary/aromatic N) is 1. The van der Waals surface area contributed by atoms with Crippen molar-refractivity contribution in [2.45, 2.75) is 4.90 Å². The molecule has 0 aromatic heterocycles. The molecule has 0 heterocycles. The van der Waals surface area contributed by atoms with Crippen LogP contribution in [0.5, 0.6) is 0 Å². The molecule has 1 amide bonds. The predicted octanol–water partition coefficient (Wildman–Crippen LogP) is 2.94. The average molecular weight is 375 g/mol. The van der Waals surface area contributed by atoms with Crippen molar-refractivity contribution >= 4 is 44.8 Å². The van der Waals surface area contributed by atoms with Crippen molar-refractivity contribution in [1.29, 1.82) is 0 Å². The van der Waals surface area contributed by atoms with Gasteiger partial charge in [-0.1, -0.05) is 23.2 Å². The van der Waals surface area contributed by atoms with Gasteiger partial charge in [0.05, 0.1) is 10.7 Å². The van der Waals surface area contributed by atoms with E-state index in [9.17, 15) is 13.2 Å². The number of amides is 1. The van der Waals surface area contributed by atoms with Gasteiger partial charge in [0.15, 0.2) is 0 Å². The van der Waals surface area contributed by atoms with Crippen molar-refractivity contribution in [2.24, 2.45) is 0 Å². The van der Waals surface area contributed by atoms with Gasteiger partial charge in [0.1, 0.15) is 4.90 Å². The molecule has 2 rings (SSSR count). The lowest BCUT2D eigenvalue weighted by Crippen LogP contribution is -2.27. The zero-order chi connectivity index (χ0) is 17.2. The van der Waals surface area contributed by atoms with E-state index in [4.69, 9.17) is 28.4 Å². The Morgan fingerprint density at radius 2 is 1.74 bits per heavy atom. The first-order valence-electron chi connectivity index (χ1n) is 6.26. The van der Waals surface area contributed by atoms with Crippen LogP contribution >= 0.6 is 23.2 Å². The first kappa shape index (κ1) is 17.6. The minimum atomic E-state index is -3.92. The molecule has 2 aromatic carbocycles. The first-order chi connectivity index (χ1) is 10.8. The van der Waals surface area contributed by atoms with Gasteiger partial charge in [-0.15, -0.1) is 0 Å². The highest BCUT2D eigenvalue weighted by Gasteiger charge is 2.24. The third kappa shape index (κ3) is 3.59. The summed E-state index contributed by atoms with van der Waals surface area (Å²) >= 11 is 11.8. The fourth-order valence-corrected chi connectivity index (χ4v) is 3.78. The Bertz CT molecular complexity index is 838. The average Bonchev–Trinajstić information content (AvgIpc) is 2.55. The van der Waals surface area contributed by atoms with Crippen LogP contribution in [0.1, 0.15) is 10.4 Å². The fourth-order valence-electron chi connectivity index (χ4n) is 1.85. The summed E-state index contributed by atoms with van der Waals surface area (Å²) in [7, 11) is -2.56. The van der Waals surface area contributed by atoms with Crippen LogP contribution in [-0.4, -0.2) is 26.6 Å². The molecule has 0 aliphatic rings. The second-order valence-electron chi connectivity index (χ2n) is 4.54. The number of benzene rings is 2. The molecule has 0 spiro atoms. The van der Waals surface area contributed by atoms with Gasteiger partial charge in [0.25, 0.3) is 15.9 Å². The Balaban J connectivity index is 2.40. The molecule has 0 fully saturated rings. The van der Waals surface area contributed by atoms with Gasteiger partial charge in [-0.3, -0.25) is 14.3 Å². The van der Waals surface area contributed by atoms with Crippen molar-refractivity contribution in [2.75, 3.05) is 11.4 Å². The number of hydroxylamine groups is 1. The van der Waals surface area contributed by atoms with Crippen LogP contribution in [0.25, 0.3) is 0 Å². The van der Waals surface area contributed by atoms with Crippen molar-refractivity contribution < 1.29 is 18.4 Å². The molecule has 0 saturated carbocycles. The first-order valence-corrected chi connectivity index (χ1v) is 8.45. The van der Waals surface area contributed by atoms with E-state index < -0.39 is 15.9 Å². The Hall–Kier alpha value is -1.80. The number of halogens is 2. The molecule has 122 valence electrons. The second kappa shape index (κ2) is 6.76. The van der Waals surface area contributed by atoms with Crippen LogP contribution in [0.15, 0.2) is 47.4 Å². The van der Waals surface area contributed by atoms with Crippen LogP contribution in [0.3, 0.4) is 0 Å². The summed E-state index contributed by atoms with van der Waals surface area (Å²) in [6, 6.07) is 9.79. The van der Waals surface area contributed by atoms with Gasteiger partial charge in [-0.2, -0.15) is 0 Å². The topological polar surface area (TPSA) is 86.7 Å². The summed E-state index contributed by atoms with van der Waals surface area (Å²) in [6.45, 7) is 0. The van der Waals surface area contributed by atoms with E-state index in [0.717, 1.165) is 4.31 Å². The molecule has 2 aromatic rings. The molecule has 23 heavy (non-hydrogen) atoms. The number of carbonyl (C=O) groups is 1. The van der Waals surface area contributed by atoms with E-state index in [-0.39, 0.29) is 20.5 Å². The van der Waals surface area contributed by atoms with Gasteiger partial charge in [0.2, 0.25) is 0 Å². The van der Waals surface area contributed by atoms with Gasteiger partial charge in [-0.05, 0) is 42.5 Å². The van der Waals surface area contributed by atoms with Crippen molar-refractivity contribution in [1.82, 2.24) is 5.48 Å². The van der Waals surface area contributed by atoms with Crippen LogP contribution in [0.4, 0.5) is 5.69 Å². The van der Waals surface area contributed by atoms with Gasteiger partial charge >= 0.3 is 0 Å². The highest BCUT2D eigenvalue weighted by Crippen LogP contribution is 2.29. The summed E-state index contributed by atoms with van der Waals surface area (Å²) in [5.74, 6) is -0.694. The number of nitrogens with one attached hydrogen (secondary N) is 1.